The Morgan fingerprint density at radius 1 is 0.927 bits per heavy atom. The van der Waals surface area contributed by atoms with Crippen LogP contribution in [0.4, 0.5) is 5.69 Å². The van der Waals surface area contributed by atoms with Gasteiger partial charge in [0, 0.05) is 18.5 Å². The molecule has 0 aliphatic carbocycles. The van der Waals surface area contributed by atoms with E-state index in [-0.39, 0.29) is 24.6 Å². The first-order chi connectivity index (χ1) is 19.3. The number of para-hydroxylation sites is 2. The van der Waals surface area contributed by atoms with Crippen molar-refractivity contribution >= 4 is 27.5 Å². The summed E-state index contributed by atoms with van der Waals surface area (Å²) in [5, 5.41) is 3.03. The third kappa shape index (κ3) is 9.35. The van der Waals surface area contributed by atoms with Gasteiger partial charge in [0.05, 0.1) is 18.6 Å². The number of hydrogen-bond donors (Lipinski definition) is 1. The summed E-state index contributed by atoms with van der Waals surface area (Å²) >= 11 is 0. The lowest BCUT2D eigenvalue weighted by Crippen LogP contribution is -2.56. The zero-order chi connectivity index (χ0) is 30.2. The smallest absolute Gasteiger partial charge is 0.244 e. The summed E-state index contributed by atoms with van der Waals surface area (Å²) in [6, 6.07) is 23.0. The highest BCUT2D eigenvalue weighted by atomic mass is 32.2. The molecule has 3 aromatic rings. The molecule has 0 aliphatic heterocycles. The Morgan fingerprint density at radius 3 is 2.17 bits per heavy atom. The van der Waals surface area contributed by atoms with Crippen LogP contribution in [0.5, 0.6) is 5.75 Å². The lowest BCUT2D eigenvalue weighted by Gasteiger charge is -2.35. The maximum absolute atomic E-state index is 14.2. The highest BCUT2D eigenvalue weighted by Gasteiger charge is 2.34. The standard InChI is InChI=1S/C32H41N3O5S/c1-7-40-29-19-12-11-18-27(29)35(41(6,38)39)23-30(36)34(22-26-17-13-14-24(2)20-26)28(31(37)33-32(3,4)5)21-25-15-9-8-10-16-25/h8-20,28H,7,21-23H2,1-6H3,(H,33,37)/t28-/m1/s1. The Balaban J connectivity index is 2.10. The summed E-state index contributed by atoms with van der Waals surface area (Å²) in [7, 11) is -3.90. The number of benzene rings is 3. The van der Waals surface area contributed by atoms with Gasteiger partial charge in [-0.3, -0.25) is 13.9 Å². The molecule has 2 amide bonds. The molecule has 8 nitrogen and oxygen atoms in total. The summed E-state index contributed by atoms with van der Waals surface area (Å²) in [5.41, 5.74) is 2.45. The number of nitrogens with zero attached hydrogens (tertiary/aromatic N) is 2. The van der Waals surface area contributed by atoms with E-state index >= 15 is 0 Å². The van der Waals surface area contributed by atoms with Crippen molar-refractivity contribution in [2.24, 2.45) is 0 Å². The highest BCUT2D eigenvalue weighted by Crippen LogP contribution is 2.30. The number of amides is 2. The van der Waals surface area contributed by atoms with Crippen LogP contribution in [-0.4, -0.2) is 56.1 Å². The minimum atomic E-state index is -3.90. The number of rotatable bonds is 12. The maximum Gasteiger partial charge on any atom is 0.244 e. The van der Waals surface area contributed by atoms with Crippen LogP contribution >= 0.6 is 0 Å². The Kier molecular flexibility index (Phi) is 10.6. The van der Waals surface area contributed by atoms with Gasteiger partial charge in [0.1, 0.15) is 18.3 Å². The van der Waals surface area contributed by atoms with Crippen molar-refractivity contribution in [2.45, 2.75) is 59.2 Å². The number of sulfonamides is 1. The van der Waals surface area contributed by atoms with Gasteiger partial charge in [-0.1, -0.05) is 72.3 Å². The van der Waals surface area contributed by atoms with Crippen molar-refractivity contribution in [3.8, 4) is 5.75 Å². The fourth-order valence-electron chi connectivity index (χ4n) is 4.55. The molecule has 41 heavy (non-hydrogen) atoms. The second-order valence-corrected chi connectivity index (χ2v) is 13.0. The van der Waals surface area contributed by atoms with Gasteiger partial charge in [0.15, 0.2) is 0 Å². The van der Waals surface area contributed by atoms with Crippen LogP contribution < -0.4 is 14.4 Å². The average Bonchev–Trinajstić information content (AvgIpc) is 2.89. The van der Waals surface area contributed by atoms with Crippen LogP contribution in [-0.2, 0) is 32.6 Å². The molecule has 0 heterocycles. The zero-order valence-electron chi connectivity index (χ0n) is 24.8. The van der Waals surface area contributed by atoms with Gasteiger partial charge < -0.3 is 15.0 Å². The fourth-order valence-corrected chi connectivity index (χ4v) is 5.40. The van der Waals surface area contributed by atoms with Crippen molar-refractivity contribution in [2.75, 3.05) is 23.7 Å². The van der Waals surface area contributed by atoms with E-state index in [0.29, 0.717) is 12.4 Å². The number of nitrogens with one attached hydrogen (secondary N) is 1. The van der Waals surface area contributed by atoms with Gasteiger partial charge in [-0.05, 0) is 57.9 Å². The monoisotopic (exact) mass is 579 g/mol. The molecular weight excluding hydrogens is 538 g/mol. The van der Waals surface area contributed by atoms with Crippen LogP contribution in [0.15, 0.2) is 78.9 Å². The highest BCUT2D eigenvalue weighted by molar-refractivity contribution is 7.92. The predicted molar refractivity (Wildman–Crippen MR) is 163 cm³/mol. The van der Waals surface area contributed by atoms with E-state index in [1.54, 1.807) is 31.2 Å². The molecule has 1 N–H and O–H groups in total. The molecule has 3 rings (SSSR count). The van der Waals surface area contributed by atoms with E-state index < -0.39 is 34.1 Å². The van der Waals surface area contributed by atoms with E-state index in [0.717, 1.165) is 27.3 Å². The molecule has 9 heteroatoms. The van der Waals surface area contributed by atoms with E-state index in [2.05, 4.69) is 5.32 Å². The molecule has 0 aromatic heterocycles. The molecule has 0 aliphatic rings. The second-order valence-electron chi connectivity index (χ2n) is 11.1. The molecular formula is C32H41N3O5S. The van der Waals surface area contributed by atoms with Gasteiger partial charge in [0.2, 0.25) is 21.8 Å². The van der Waals surface area contributed by atoms with Crippen molar-refractivity contribution in [3.63, 3.8) is 0 Å². The summed E-state index contributed by atoms with van der Waals surface area (Å²) in [4.78, 5) is 29.5. The van der Waals surface area contributed by atoms with Crippen molar-refractivity contribution in [1.82, 2.24) is 10.2 Å². The SMILES string of the molecule is CCOc1ccccc1N(CC(=O)N(Cc1cccc(C)c1)[C@H](Cc1ccccc1)C(=O)NC(C)(C)C)S(C)(=O)=O. The number of aryl methyl sites for hydroxylation is 1. The molecule has 0 saturated carbocycles. The third-order valence-corrected chi connectivity index (χ3v) is 7.44. The topological polar surface area (TPSA) is 96.0 Å². The molecule has 0 spiro atoms. The van der Waals surface area contributed by atoms with Crippen LogP contribution in [0.3, 0.4) is 0 Å². The number of carbonyl (C=O) groups is 2. The zero-order valence-corrected chi connectivity index (χ0v) is 25.6. The largest absolute Gasteiger partial charge is 0.492 e. The lowest BCUT2D eigenvalue weighted by atomic mass is 10.0. The van der Waals surface area contributed by atoms with E-state index in [1.807, 2.05) is 82.3 Å². The Bertz CT molecular complexity index is 1430. The Morgan fingerprint density at radius 2 is 1.56 bits per heavy atom. The van der Waals surface area contributed by atoms with E-state index in [9.17, 15) is 18.0 Å². The van der Waals surface area contributed by atoms with Crippen molar-refractivity contribution in [1.29, 1.82) is 0 Å². The number of anilines is 1. The molecule has 1 atom stereocenters. The summed E-state index contributed by atoms with van der Waals surface area (Å²) < 4.78 is 32.8. The lowest BCUT2D eigenvalue weighted by molar-refractivity contribution is -0.140. The van der Waals surface area contributed by atoms with Crippen LogP contribution in [0, 0.1) is 6.92 Å². The maximum atomic E-state index is 14.2. The summed E-state index contributed by atoms with van der Waals surface area (Å²) in [5.74, 6) is -0.471. The molecule has 0 unspecified atom stereocenters. The van der Waals surface area contributed by atoms with Crippen LogP contribution in [0.25, 0.3) is 0 Å². The third-order valence-electron chi connectivity index (χ3n) is 6.32. The van der Waals surface area contributed by atoms with Crippen molar-refractivity contribution < 1.29 is 22.7 Å². The van der Waals surface area contributed by atoms with Crippen molar-refractivity contribution in [3.05, 3.63) is 95.6 Å². The quantitative estimate of drug-likeness (QED) is 0.335. The van der Waals surface area contributed by atoms with Gasteiger partial charge in [0.25, 0.3) is 0 Å². The fraction of sp³-hybridized carbons (Fsp3) is 0.375. The van der Waals surface area contributed by atoms with Crippen LogP contribution in [0.1, 0.15) is 44.4 Å². The van der Waals surface area contributed by atoms with Gasteiger partial charge in [-0.25, -0.2) is 8.42 Å². The molecule has 220 valence electrons. The Hall–Kier alpha value is -3.85. The number of hydrogen-bond acceptors (Lipinski definition) is 5. The molecule has 3 aromatic carbocycles. The first-order valence-corrected chi connectivity index (χ1v) is 15.5. The number of ether oxygens (including phenoxy) is 1. The molecule has 0 bridgehead atoms. The normalized spacial score (nSPS) is 12.3. The van der Waals surface area contributed by atoms with Gasteiger partial charge in [-0.2, -0.15) is 0 Å². The van der Waals surface area contributed by atoms with E-state index in [1.165, 1.54) is 4.90 Å². The van der Waals surface area contributed by atoms with Gasteiger partial charge in [-0.15, -0.1) is 0 Å². The average molecular weight is 580 g/mol. The first-order valence-electron chi connectivity index (χ1n) is 13.7. The van der Waals surface area contributed by atoms with E-state index in [4.69, 9.17) is 4.74 Å². The summed E-state index contributed by atoms with van der Waals surface area (Å²) in [6.45, 7) is 9.36. The van der Waals surface area contributed by atoms with Crippen LogP contribution in [0.2, 0.25) is 0 Å². The summed E-state index contributed by atoms with van der Waals surface area (Å²) in [6.07, 6.45) is 1.32. The minimum Gasteiger partial charge on any atom is -0.492 e. The second kappa shape index (κ2) is 13.7. The number of carbonyl (C=O) groups excluding carboxylic acids is 2. The molecule has 0 fully saturated rings. The molecule has 0 saturated heterocycles. The first kappa shape index (κ1) is 31.7. The minimum absolute atomic E-state index is 0.125. The Labute approximate surface area is 244 Å². The molecule has 0 radical (unpaired) electrons. The predicted octanol–water partition coefficient (Wildman–Crippen LogP) is 4.71. The van der Waals surface area contributed by atoms with Gasteiger partial charge >= 0.3 is 0 Å².